The lowest BCUT2D eigenvalue weighted by atomic mass is 10.1. The molecule has 3 heteroatoms. The molecule has 2 rings (SSSR count). The molecule has 1 aromatic carbocycles. The maximum absolute atomic E-state index is 11.5. The van der Waals surface area contributed by atoms with Gasteiger partial charge in [-0.3, -0.25) is 4.79 Å². The lowest BCUT2D eigenvalue weighted by Crippen LogP contribution is -2.17. The third-order valence-electron chi connectivity index (χ3n) is 2.79. The van der Waals surface area contributed by atoms with Crippen LogP contribution in [0.4, 0.5) is 0 Å². The summed E-state index contributed by atoms with van der Waals surface area (Å²) in [5.74, 6) is 0.0145. The fourth-order valence-corrected chi connectivity index (χ4v) is 2.06. The van der Waals surface area contributed by atoms with Crippen molar-refractivity contribution in [3.05, 3.63) is 29.3 Å². The molecule has 1 aromatic rings. The zero-order chi connectivity index (χ0) is 10.8. The highest BCUT2D eigenvalue weighted by atomic mass is 16.5. The Balaban J connectivity index is 2.15. The van der Waals surface area contributed by atoms with Crippen molar-refractivity contribution in [1.29, 1.82) is 0 Å². The molecule has 1 aliphatic carbocycles. The number of hydrogen-bond acceptors (Lipinski definition) is 3. The smallest absolute Gasteiger partial charge is 0.309 e. The van der Waals surface area contributed by atoms with Crippen LogP contribution in [0.25, 0.3) is 0 Å². The molecule has 0 amide bonds. The first kappa shape index (κ1) is 10.0. The van der Waals surface area contributed by atoms with Crippen LogP contribution in [-0.4, -0.2) is 17.7 Å². The van der Waals surface area contributed by atoms with Gasteiger partial charge in [-0.25, -0.2) is 0 Å². The minimum atomic E-state index is -0.159. The average molecular weight is 206 g/mol. The Morgan fingerprint density at radius 2 is 2.33 bits per heavy atom. The molecule has 0 aliphatic heterocycles. The molecule has 0 unspecified atom stereocenters. The van der Waals surface area contributed by atoms with Crippen molar-refractivity contribution in [2.75, 3.05) is 6.61 Å². The quantitative estimate of drug-likeness (QED) is 0.749. The predicted molar refractivity (Wildman–Crippen MR) is 55.6 cm³/mol. The standard InChI is InChI=1S/C12H14O3/c1-2-15-12(14)9-6-8-4-3-5-11(13)10(8)7-9/h3-5,9,13H,2,6-7H2,1H3/t9-/m0/s1. The van der Waals surface area contributed by atoms with Gasteiger partial charge in [0.25, 0.3) is 0 Å². The highest BCUT2D eigenvalue weighted by Crippen LogP contribution is 2.33. The highest BCUT2D eigenvalue weighted by Gasteiger charge is 2.29. The van der Waals surface area contributed by atoms with E-state index in [1.54, 1.807) is 13.0 Å². The summed E-state index contributed by atoms with van der Waals surface area (Å²) in [6.07, 6.45) is 1.28. The van der Waals surface area contributed by atoms with E-state index in [9.17, 15) is 9.90 Å². The number of phenolic OH excluding ortho intramolecular Hbond substituents is 1. The van der Waals surface area contributed by atoms with E-state index in [1.165, 1.54) is 0 Å². The number of rotatable bonds is 2. The lowest BCUT2D eigenvalue weighted by Gasteiger charge is -2.07. The van der Waals surface area contributed by atoms with Crippen LogP contribution in [0, 0.1) is 5.92 Å². The van der Waals surface area contributed by atoms with Crippen molar-refractivity contribution in [3.63, 3.8) is 0 Å². The molecule has 3 nitrogen and oxygen atoms in total. The molecule has 0 saturated carbocycles. The van der Waals surface area contributed by atoms with E-state index in [1.807, 2.05) is 12.1 Å². The Morgan fingerprint density at radius 3 is 3.00 bits per heavy atom. The average Bonchev–Trinajstić information content (AvgIpc) is 2.63. The van der Waals surface area contributed by atoms with E-state index in [-0.39, 0.29) is 11.9 Å². The van der Waals surface area contributed by atoms with Crippen LogP contribution >= 0.6 is 0 Å². The third kappa shape index (κ3) is 1.82. The minimum Gasteiger partial charge on any atom is -0.508 e. The first-order valence-electron chi connectivity index (χ1n) is 5.18. The molecule has 1 N–H and O–H groups in total. The van der Waals surface area contributed by atoms with E-state index in [4.69, 9.17) is 4.74 Å². The van der Waals surface area contributed by atoms with Crippen molar-refractivity contribution < 1.29 is 14.6 Å². The molecule has 0 radical (unpaired) electrons. The summed E-state index contributed by atoms with van der Waals surface area (Å²) in [6.45, 7) is 2.22. The molecule has 0 bridgehead atoms. The molecular weight excluding hydrogens is 192 g/mol. The summed E-state index contributed by atoms with van der Waals surface area (Å²) in [4.78, 5) is 11.5. The maximum Gasteiger partial charge on any atom is 0.309 e. The van der Waals surface area contributed by atoms with Gasteiger partial charge in [-0.05, 0) is 37.0 Å². The van der Waals surface area contributed by atoms with Crippen LogP contribution in [0.3, 0.4) is 0 Å². The molecule has 0 fully saturated rings. The van der Waals surface area contributed by atoms with Gasteiger partial charge < -0.3 is 9.84 Å². The van der Waals surface area contributed by atoms with Gasteiger partial charge in [0, 0.05) is 0 Å². The minimum absolute atomic E-state index is 0.117. The molecule has 0 saturated heterocycles. The second-order valence-corrected chi connectivity index (χ2v) is 3.77. The topological polar surface area (TPSA) is 46.5 Å². The second-order valence-electron chi connectivity index (χ2n) is 3.77. The second kappa shape index (κ2) is 3.93. The van der Waals surface area contributed by atoms with Crippen LogP contribution in [0.5, 0.6) is 5.75 Å². The number of esters is 1. The van der Waals surface area contributed by atoms with Gasteiger partial charge in [0.2, 0.25) is 0 Å². The SMILES string of the molecule is CCOC(=O)[C@H]1Cc2cccc(O)c2C1. The Hall–Kier alpha value is -1.51. The van der Waals surface area contributed by atoms with Gasteiger partial charge in [0.1, 0.15) is 5.75 Å². The van der Waals surface area contributed by atoms with E-state index < -0.39 is 0 Å². The number of fused-ring (bicyclic) bond motifs is 1. The van der Waals surface area contributed by atoms with Gasteiger partial charge in [0.05, 0.1) is 12.5 Å². The summed E-state index contributed by atoms with van der Waals surface area (Å²) < 4.78 is 4.98. The number of carbonyl (C=O) groups excluding carboxylic acids is 1. The van der Waals surface area contributed by atoms with Crippen LogP contribution in [0.15, 0.2) is 18.2 Å². The third-order valence-corrected chi connectivity index (χ3v) is 2.79. The maximum atomic E-state index is 11.5. The molecule has 0 spiro atoms. The van der Waals surface area contributed by atoms with Gasteiger partial charge in [-0.1, -0.05) is 12.1 Å². The zero-order valence-electron chi connectivity index (χ0n) is 8.69. The van der Waals surface area contributed by atoms with E-state index in [2.05, 4.69) is 0 Å². The van der Waals surface area contributed by atoms with E-state index in [0.717, 1.165) is 11.1 Å². The number of phenols is 1. The first-order chi connectivity index (χ1) is 7.22. The van der Waals surface area contributed by atoms with Gasteiger partial charge >= 0.3 is 5.97 Å². The molecule has 1 atom stereocenters. The van der Waals surface area contributed by atoms with Crippen molar-refractivity contribution in [1.82, 2.24) is 0 Å². The number of aromatic hydroxyl groups is 1. The number of carbonyl (C=O) groups is 1. The van der Waals surface area contributed by atoms with Crippen LogP contribution in [0.1, 0.15) is 18.1 Å². The molecule has 1 aliphatic rings. The fourth-order valence-electron chi connectivity index (χ4n) is 2.06. The van der Waals surface area contributed by atoms with E-state index >= 15 is 0 Å². The normalized spacial score (nSPS) is 18.6. The number of benzene rings is 1. The Bertz CT molecular complexity index is 384. The van der Waals surface area contributed by atoms with Crippen LogP contribution in [-0.2, 0) is 22.4 Å². The summed E-state index contributed by atoms with van der Waals surface area (Å²) in [5, 5.41) is 9.61. The van der Waals surface area contributed by atoms with Gasteiger partial charge in [-0.15, -0.1) is 0 Å². The monoisotopic (exact) mass is 206 g/mol. The van der Waals surface area contributed by atoms with Crippen LogP contribution in [0.2, 0.25) is 0 Å². The summed E-state index contributed by atoms with van der Waals surface area (Å²) in [6, 6.07) is 5.42. The van der Waals surface area contributed by atoms with Gasteiger partial charge in [0.15, 0.2) is 0 Å². The Morgan fingerprint density at radius 1 is 1.53 bits per heavy atom. The summed E-state index contributed by atoms with van der Waals surface area (Å²) >= 11 is 0. The van der Waals surface area contributed by atoms with Gasteiger partial charge in [-0.2, -0.15) is 0 Å². The largest absolute Gasteiger partial charge is 0.508 e. The lowest BCUT2D eigenvalue weighted by molar-refractivity contribution is -0.147. The Labute approximate surface area is 88.7 Å². The molecule has 15 heavy (non-hydrogen) atoms. The van der Waals surface area contributed by atoms with Crippen molar-refractivity contribution in [3.8, 4) is 5.75 Å². The van der Waals surface area contributed by atoms with Crippen LogP contribution < -0.4 is 0 Å². The number of ether oxygens (including phenoxy) is 1. The summed E-state index contributed by atoms with van der Waals surface area (Å²) in [7, 11) is 0. The predicted octanol–water partition coefficient (Wildman–Crippen LogP) is 1.67. The molecule has 0 heterocycles. The first-order valence-corrected chi connectivity index (χ1v) is 5.18. The number of hydrogen-bond donors (Lipinski definition) is 1. The fraction of sp³-hybridized carbons (Fsp3) is 0.417. The van der Waals surface area contributed by atoms with Crippen molar-refractivity contribution in [2.24, 2.45) is 5.92 Å². The van der Waals surface area contributed by atoms with E-state index in [0.29, 0.717) is 25.2 Å². The Kier molecular flexibility index (Phi) is 2.62. The van der Waals surface area contributed by atoms with Crippen molar-refractivity contribution >= 4 is 5.97 Å². The molecular formula is C12H14O3. The van der Waals surface area contributed by atoms with Crippen molar-refractivity contribution in [2.45, 2.75) is 19.8 Å². The summed E-state index contributed by atoms with van der Waals surface area (Å²) in [5.41, 5.74) is 1.96. The zero-order valence-corrected chi connectivity index (χ0v) is 8.69. The highest BCUT2D eigenvalue weighted by molar-refractivity contribution is 5.75. The molecule has 0 aromatic heterocycles. The molecule has 80 valence electrons.